The van der Waals surface area contributed by atoms with Crippen LogP contribution < -0.4 is 5.73 Å². The summed E-state index contributed by atoms with van der Waals surface area (Å²) >= 11 is 13.1. The van der Waals surface area contributed by atoms with Crippen LogP contribution in [0.25, 0.3) is 22.4 Å². The Morgan fingerprint density at radius 2 is 1.71 bits per heavy atom. The van der Waals surface area contributed by atoms with Crippen molar-refractivity contribution in [3.63, 3.8) is 0 Å². The fraction of sp³-hybridized carbons (Fsp3) is 0. The SMILES string of the molecule is Nc1n[nH]c(-c2cc(Br)cc(Br)c2)c1-c1cccc(Cl)c1. The summed E-state index contributed by atoms with van der Waals surface area (Å²) < 4.78 is 1.94. The van der Waals surface area contributed by atoms with Crippen LogP contribution in [-0.2, 0) is 0 Å². The fourth-order valence-corrected chi connectivity index (χ4v) is 3.68. The Morgan fingerprint density at radius 3 is 2.38 bits per heavy atom. The van der Waals surface area contributed by atoms with E-state index in [4.69, 9.17) is 17.3 Å². The molecule has 21 heavy (non-hydrogen) atoms. The van der Waals surface area contributed by atoms with Crippen molar-refractivity contribution in [2.75, 3.05) is 5.73 Å². The van der Waals surface area contributed by atoms with Gasteiger partial charge in [0.15, 0.2) is 5.82 Å². The molecule has 6 heteroatoms. The largest absolute Gasteiger partial charge is 0.382 e. The van der Waals surface area contributed by atoms with E-state index in [1.54, 1.807) is 0 Å². The molecule has 0 aliphatic carbocycles. The summed E-state index contributed by atoms with van der Waals surface area (Å²) in [6.45, 7) is 0. The molecule has 0 bridgehead atoms. The fourth-order valence-electron chi connectivity index (χ4n) is 2.20. The molecular formula is C15H10Br2ClN3. The van der Waals surface area contributed by atoms with Gasteiger partial charge in [0.1, 0.15) is 0 Å². The van der Waals surface area contributed by atoms with Crippen molar-refractivity contribution in [3.8, 4) is 22.4 Å². The van der Waals surface area contributed by atoms with Gasteiger partial charge >= 0.3 is 0 Å². The van der Waals surface area contributed by atoms with Crippen LogP contribution in [0, 0.1) is 0 Å². The van der Waals surface area contributed by atoms with E-state index in [1.165, 1.54) is 0 Å². The van der Waals surface area contributed by atoms with Crippen LogP contribution in [0.1, 0.15) is 0 Å². The molecule has 3 N–H and O–H groups in total. The van der Waals surface area contributed by atoms with Gasteiger partial charge in [-0.05, 0) is 35.9 Å². The number of nitrogen functional groups attached to an aromatic ring is 1. The zero-order chi connectivity index (χ0) is 15.0. The topological polar surface area (TPSA) is 54.7 Å². The number of halogens is 3. The Labute approximate surface area is 143 Å². The molecule has 0 amide bonds. The zero-order valence-corrected chi connectivity index (χ0v) is 14.6. The Balaban J connectivity index is 2.21. The van der Waals surface area contributed by atoms with E-state index >= 15 is 0 Å². The Kier molecular flexibility index (Phi) is 4.06. The molecule has 106 valence electrons. The predicted octanol–water partition coefficient (Wildman–Crippen LogP) is 5.50. The Bertz CT molecular complexity index is 794. The first-order valence-electron chi connectivity index (χ1n) is 6.11. The van der Waals surface area contributed by atoms with Gasteiger partial charge in [0.25, 0.3) is 0 Å². The van der Waals surface area contributed by atoms with Crippen LogP contribution >= 0.6 is 43.5 Å². The molecule has 0 aliphatic rings. The lowest BCUT2D eigenvalue weighted by Gasteiger charge is -2.06. The summed E-state index contributed by atoms with van der Waals surface area (Å²) in [5.41, 5.74) is 9.65. The molecule has 1 aromatic heterocycles. The van der Waals surface area contributed by atoms with Gasteiger partial charge in [-0.25, -0.2) is 0 Å². The molecule has 3 aromatic rings. The van der Waals surface area contributed by atoms with Gasteiger partial charge in [0.2, 0.25) is 0 Å². The maximum absolute atomic E-state index is 6.08. The van der Waals surface area contributed by atoms with Gasteiger partial charge in [-0.3, -0.25) is 5.10 Å². The molecule has 0 aliphatic heterocycles. The van der Waals surface area contributed by atoms with Crippen LogP contribution in [0.3, 0.4) is 0 Å². The minimum absolute atomic E-state index is 0.448. The van der Waals surface area contributed by atoms with Crippen molar-refractivity contribution in [3.05, 3.63) is 56.4 Å². The van der Waals surface area contributed by atoms with Gasteiger partial charge in [0, 0.05) is 19.5 Å². The maximum atomic E-state index is 6.08. The molecule has 3 nitrogen and oxygen atoms in total. The molecule has 0 spiro atoms. The second-order valence-electron chi connectivity index (χ2n) is 4.53. The highest BCUT2D eigenvalue weighted by Crippen LogP contribution is 2.37. The summed E-state index contributed by atoms with van der Waals surface area (Å²) in [4.78, 5) is 0. The average molecular weight is 428 g/mol. The van der Waals surface area contributed by atoms with Crippen molar-refractivity contribution in [1.29, 1.82) is 0 Å². The number of rotatable bonds is 2. The van der Waals surface area contributed by atoms with Crippen molar-refractivity contribution in [1.82, 2.24) is 10.2 Å². The molecule has 0 saturated heterocycles. The zero-order valence-electron chi connectivity index (χ0n) is 10.7. The smallest absolute Gasteiger partial charge is 0.153 e. The van der Waals surface area contributed by atoms with Crippen LogP contribution in [0.2, 0.25) is 5.02 Å². The highest BCUT2D eigenvalue weighted by molar-refractivity contribution is 9.11. The third-order valence-corrected chi connectivity index (χ3v) is 4.21. The monoisotopic (exact) mass is 425 g/mol. The standard InChI is InChI=1S/C15H10Br2ClN3/c16-10-4-9(5-11(17)7-10)14-13(15(19)21-20-14)8-2-1-3-12(18)6-8/h1-7H,(H3,19,20,21). The number of aromatic amines is 1. The second kappa shape index (κ2) is 5.83. The van der Waals surface area contributed by atoms with Crippen LogP contribution in [-0.4, -0.2) is 10.2 Å². The average Bonchev–Trinajstić information content (AvgIpc) is 2.79. The lowest BCUT2D eigenvalue weighted by Crippen LogP contribution is -1.89. The van der Waals surface area contributed by atoms with Gasteiger partial charge in [-0.1, -0.05) is 55.6 Å². The van der Waals surface area contributed by atoms with Crippen LogP contribution in [0.5, 0.6) is 0 Å². The van der Waals surface area contributed by atoms with E-state index in [0.717, 1.165) is 31.3 Å². The quantitative estimate of drug-likeness (QED) is 0.567. The molecule has 0 atom stereocenters. The second-order valence-corrected chi connectivity index (χ2v) is 6.80. The first-order chi connectivity index (χ1) is 10.0. The van der Waals surface area contributed by atoms with E-state index in [2.05, 4.69) is 42.1 Å². The Morgan fingerprint density at radius 1 is 1.00 bits per heavy atom. The van der Waals surface area contributed by atoms with Gasteiger partial charge < -0.3 is 5.73 Å². The number of nitrogens with one attached hydrogen (secondary N) is 1. The molecule has 0 unspecified atom stereocenters. The van der Waals surface area contributed by atoms with Crippen molar-refractivity contribution in [2.45, 2.75) is 0 Å². The van der Waals surface area contributed by atoms with E-state index in [1.807, 2.05) is 42.5 Å². The minimum atomic E-state index is 0.448. The number of hydrogen-bond acceptors (Lipinski definition) is 2. The number of benzene rings is 2. The number of hydrogen-bond donors (Lipinski definition) is 2. The number of H-pyrrole nitrogens is 1. The summed E-state index contributed by atoms with van der Waals surface area (Å²) in [6, 6.07) is 13.5. The lowest BCUT2D eigenvalue weighted by atomic mass is 10.0. The molecular weight excluding hydrogens is 417 g/mol. The predicted molar refractivity (Wildman–Crippen MR) is 94.3 cm³/mol. The summed E-state index contributed by atoms with van der Waals surface area (Å²) in [5.74, 6) is 0.448. The number of aromatic nitrogens is 2. The third-order valence-electron chi connectivity index (χ3n) is 3.06. The van der Waals surface area contributed by atoms with E-state index in [-0.39, 0.29) is 0 Å². The molecule has 1 heterocycles. The summed E-state index contributed by atoms with van der Waals surface area (Å²) in [7, 11) is 0. The van der Waals surface area contributed by atoms with Crippen LogP contribution in [0.15, 0.2) is 51.4 Å². The number of nitrogens with two attached hydrogens (primary N) is 1. The van der Waals surface area contributed by atoms with Crippen molar-refractivity contribution < 1.29 is 0 Å². The number of anilines is 1. The molecule has 0 radical (unpaired) electrons. The molecule has 0 fully saturated rings. The summed E-state index contributed by atoms with van der Waals surface area (Å²) in [6.07, 6.45) is 0. The van der Waals surface area contributed by atoms with Gasteiger partial charge in [-0.15, -0.1) is 0 Å². The normalized spacial score (nSPS) is 10.8. The van der Waals surface area contributed by atoms with Gasteiger partial charge in [-0.2, -0.15) is 5.10 Å². The molecule has 2 aromatic carbocycles. The van der Waals surface area contributed by atoms with E-state index in [9.17, 15) is 0 Å². The molecule has 3 rings (SSSR count). The highest BCUT2D eigenvalue weighted by atomic mass is 79.9. The first-order valence-corrected chi connectivity index (χ1v) is 8.07. The lowest BCUT2D eigenvalue weighted by molar-refractivity contribution is 1.10. The Hall–Kier alpha value is -1.30. The van der Waals surface area contributed by atoms with Gasteiger partial charge in [0.05, 0.1) is 11.3 Å². The maximum Gasteiger partial charge on any atom is 0.153 e. The first kappa shape index (κ1) is 14.6. The van der Waals surface area contributed by atoms with E-state index < -0.39 is 0 Å². The van der Waals surface area contributed by atoms with E-state index in [0.29, 0.717) is 10.8 Å². The van der Waals surface area contributed by atoms with Crippen LogP contribution in [0.4, 0.5) is 5.82 Å². The molecule has 0 saturated carbocycles. The number of nitrogens with zero attached hydrogens (tertiary/aromatic N) is 1. The minimum Gasteiger partial charge on any atom is -0.382 e. The highest BCUT2D eigenvalue weighted by Gasteiger charge is 2.15. The third kappa shape index (κ3) is 3.00. The summed E-state index contributed by atoms with van der Waals surface area (Å²) in [5, 5.41) is 7.80. The van der Waals surface area contributed by atoms with Crippen molar-refractivity contribution >= 4 is 49.3 Å². The van der Waals surface area contributed by atoms with Crippen molar-refractivity contribution in [2.24, 2.45) is 0 Å².